The van der Waals surface area contributed by atoms with Gasteiger partial charge in [0.25, 0.3) is 0 Å². The molecule has 0 amide bonds. The lowest BCUT2D eigenvalue weighted by molar-refractivity contribution is 0.196. The van der Waals surface area contributed by atoms with Gasteiger partial charge in [-0.05, 0) is 30.7 Å². The fraction of sp³-hybridized carbons (Fsp3) is 0.200. The quantitative estimate of drug-likeness (QED) is 0.904. The van der Waals surface area contributed by atoms with Crippen LogP contribution >= 0.6 is 11.8 Å². The molecule has 0 aliphatic carbocycles. The number of benzene rings is 2. The minimum atomic E-state index is -0.469. The Morgan fingerprint density at radius 1 is 1.00 bits per heavy atom. The number of para-hydroxylation sites is 1. The molecule has 0 bridgehead atoms. The van der Waals surface area contributed by atoms with Crippen molar-refractivity contribution in [2.75, 3.05) is 7.11 Å². The van der Waals surface area contributed by atoms with Crippen molar-refractivity contribution in [2.45, 2.75) is 22.8 Å². The van der Waals surface area contributed by atoms with E-state index in [0.717, 1.165) is 21.1 Å². The van der Waals surface area contributed by atoms with E-state index < -0.39 is 6.10 Å². The molecule has 18 heavy (non-hydrogen) atoms. The highest BCUT2D eigenvalue weighted by Gasteiger charge is 2.10. The summed E-state index contributed by atoms with van der Waals surface area (Å²) in [6.07, 6.45) is -0.469. The SMILES string of the molecule is COc1ccccc1Sc1ccccc1[C@@H](C)O. The second-order valence-corrected chi connectivity index (χ2v) is 5.05. The molecule has 0 radical (unpaired) electrons. The van der Waals surface area contributed by atoms with Gasteiger partial charge in [-0.3, -0.25) is 0 Å². The molecule has 3 heteroatoms. The molecule has 0 spiro atoms. The van der Waals surface area contributed by atoms with Crippen LogP contribution in [0.4, 0.5) is 0 Å². The Hall–Kier alpha value is -1.45. The first-order valence-corrected chi connectivity index (χ1v) is 6.62. The van der Waals surface area contributed by atoms with Crippen LogP contribution in [-0.4, -0.2) is 12.2 Å². The maximum absolute atomic E-state index is 9.76. The maximum atomic E-state index is 9.76. The smallest absolute Gasteiger partial charge is 0.132 e. The second-order valence-electron chi connectivity index (χ2n) is 3.97. The van der Waals surface area contributed by atoms with E-state index in [4.69, 9.17) is 4.74 Å². The van der Waals surface area contributed by atoms with Crippen LogP contribution in [0.15, 0.2) is 58.3 Å². The molecule has 0 unspecified atom stereocenters. The number of hydrogen-bond acceptors (Lipinski definition) is 3. The van der Waals surface area contributed by atoms with Gasteiger partial charge in [-0.15, -0.1) is 0 Å². The van der Waals surface area contributed by atoms with E-state index in [0.29, 0.717) is 0 Å². The largest absolute Gasteiger partial charge is 0.496 e. The van der Waals surface area contributed by atoms with Crippen molar-refractivity contribution in [3.8, 4) is 5.75 Å². The van der Waals surface area contributed by atoms with E-state index >= 15 is 0 Å². The van der Waals surface area contributed by atoms with Crippen molar-refractivity contribution in [1.82, 2.24) is 0 Å². The molecule has 2 rings (SSSR count). The van der Waals surface area contributed by atoms with E-state index in [-0.39, 0.29) is 0 Å². The summed E-state index contributed by atoms with van der Waals surface area (Å²) >= 11 is 1.61. The summed E-state index contributed by atoms with van der Waals surface area (Å²) in [5.74, 6) is 0.850. The van der Waals surface area contributed by atoms with E-state index in [2.05, 4.69) is 0 Å². The van der Waals surface area contributed by atoms with Gasteiger partial charge in [0.15, 0.2) is 0 Å². The summed E-state index contributed by atoms with van der Waals surface area (Å²) < 4.78 is 5.33. The number of aliphatic hydroxyl groups is 1. The third kappa shape index (κ3) is 2.86. The van der Waals surface area contributed by atoms with Gasteiger partial charge < -0.3 is 9.84 Å². The predicted octanol–water partition coefficient (Wildman–Crippen LogP) is 3.90. The van der Waals surface area contributed by atoms with Gasteiger partial charge in [-0.25, -0.2) is 0 Å². The van der Waals surface area contributed by atoms with Crippen LogP contribution in [0.5, 0.6) is 5.75 Å². The number of rotatable bonds is 4. The molecule has 0 fully saturated rings. The van der Waals surface area contributed by atoms with E-state index in [1.807, 2.05) is 48.5 Å². The Morgan fingerprint density at radius 3 is 2.28 bits per heavy atom. The molecule has 2 aromatic rings. The average Bonchev–Trinajstić information content (AvgIpc) is 2.40. The Kier molecular flexibility index (Phi) is 4.28. The van der Waals surface area contributed by atoms with Crippen molar-refractivity contribution >= 4 is 11.8 Å². The van der Waals surface area contributed by atoms with Crippen molar-refractivity contribution in [3.63, 3.8) is 0 Å². The van der Waals surface area contributed by atoms with Crippen molar-refractivity contribution in [3.05, 3.63) is 54.1 Å². The molecule has 2 aromatic carbocycles. The van der Waals surface area contributed by atoms with Gasteiger partial charge in [0.2, 0.25) is 0 Å². The molecule has 0 saturated heterocycles. The van der Waals surface area contributed by atoms with Crippen LogP contribution < -0.4 is 4.74 Å². The average molecular weight is 260 g/mol. The van der Waals surface area contributed by atoms with Crippen molar-refractivity contribution in [2.24, 2.45) is 0 Å². The molecule has 94 valence electrons. The van der Waals surface area contributed by atoms with Crippen molar-refractivity contribution in [1.29, 1.82) is 0 Å². The lowest BCUT2D eigenvalue weighted by Gasteiger charge is -2.13. The fourth-order valence-electron chi connectivity index (χ4n) is 1.74. The van der Waals surface area contributed by atoms with Crippen LogP contribution in [0.1, 0.15) is 18.6 Å². The summed E-state index contributed by atoms with van der Waals surface area (Å²) in [6.45, 7) is 1.78. The Labute approximate surface area is 112 Å². The first-order valence-electron chi connectivity index (χ1n) is 5.80. The minimum Gasteiger partial charge on any atom is -0.496 e. The van der Waals surface area contributed by atoms with Crippen LogP contribution in [0.2, 0.25) is 0 Å². The first-order chi connectivity index (χ1) is 8.72. The molecule has 0 aromatic heterocycles. The highest BCUT2D eigenvalue weighted by atomic mass is 32.2. The van der Waals surface area contributed by atoms with E-state index in [1.165, 1.54) is 0 Å². The first kappa shape index (κ1) is 13.0. The van der Waals surface area contributed by atoms with E-state index in [1.54, 1.807) is 25.8 Å². The Bertz CT molecular complexity index is 523. The van der Waals surface area contributed by atoms with Crippen molar-refractivity contribution < 1.29 is 9.84 Å². The highest BCUT2D eigenvalue weighted by Crippen LogP contribution is 2.37. The Balaban J connectivity index is 2.34. The van der Waals surface area contributed by atoms with Gasteiger partial charge in [0.1, 0.15) is 5.75 Å². The highest BCUT2D eigenvalue weighted by molar-refractivity contribution is 7.99. The monoisotopic (exact) mass is 260 g/mol. The standard InChI is InChI=1S/C15H16O2S/c1-11(16)12-7-3-5-9-14(12)18-15-10-6-4-8-13(15)17-2/h3-11,16H,1-2H3/t11-/m1/s1. The number of methoxy groups -OCH3 is 1. The molecule has 0 heterocycles. The van der Waals surface area contributed by atoms with Gasteiger partial charge in [-0.1, -0.05) is 42.1 Å². The fourth-order valence-corrected chi connectivity index (χ4v) is 2.88. The summed E-state index contributed by atoms with van der Waals surface area (Å²) in [6, 6.07) is 15.8. The lowest BCUT2D eigenvalue weighted by Crippen LogP contribution is -1.93. The Morgan fingerprint density at radius 2 is 1.61 bits per heavy atom. The third-order valence-electron chi connectivity index (χ3n) is 2.66. The van der Waals surface area contributed by atoms with Crippen LogP contribution in [0, 0.1) is 0 Å². The van der Waals surface area contributed by atoms with Crippen LogP contribution in [0.25, 0.3) is 0 Å². The predicted molar refractivity (Wildman–Crippen MR) is 74.2 cm³/mol. The third-order valence-corrected chi connectivity index (χ3v) is 3.81. The summed E-state index contributed by atoms with van der Waals surface area (Å²) in [5.41, 5.74) is 0.938. The number of hydrogen-bond donors (Lipinski definition) is 1. The minimum absolute atomic E-state index is 0.469. The summed E-state index contributed by atoms with van der Waals surface area (Å²) in [5, 5.41) is 9.76. The second kappa shape index (κ2) is 5.94. The van der Waals surface area contributed by atoms with Gasteiger partial charge >= 0.3 is 0 Å². The molecule has 0 aliphatic heterocycles. The zero-order valence-corrected chi connectivity index (χ0v) is 11.3. The molecule has 0 aliphatic rings. The molecular weight excluding hydrogens is 244 g/mol. The number of ether oxygens (including phenoxy) is 1. The molecule has 1 N–H and O–H groups in total. The lowest BCUT2D eigenvalue weighted by atomic mass is 10.1. The topological polar surface area (TPSA) is 29.5 Å². The van der Waals surface area contributed by atoms with Gasteiger partial charge in [0.05, 0.1) is 18.1 Å². The molecule has 2 nitrogen and oxygen atoms in total. The van der Waals surface area contributed by atoms with Crippen LogP contribution in [-0.2, 0) is 0 Å². The summed E-state index contributed by atoms with van der Waals surface area (Å²) in [7, 11) is 1.67. The maximum Gasteiger partial charge on any atom is 0.132 e. The zero-order chi connectivity index (χ0) is 13.0. The molecule has 0 saturated carbocycles. The van der Waals surface area contributed by atoms with Gasteiger partial charge in [0, 0.05) is 4.90 Å². The van der Waals surface area contributed by atoms with E-state index in [9.17, 15) is 5.11 Å². The zero-order valence-electron chi connectivity index (χ0n) is 10.5. The van der Waals surface area contributed by atoms with Crippen LogP contribution in [0.3, 0.4) is 0 Å². The number of aliphatic hydroxyl groups excluding tert-OH is 1. The molecule has 1 atom stereocenters. The summed E-state index contributed by atoms with van der Waals surface area (Å²) in [4.78, 5) is 2.10. The van der Waals surface area contributed by atoms with Gasteiger partial charge in [-0.2, -0.15) is 0 Å². The molecular formula is C15H16O2S. The normalized spacial score (nSPS) is 12.2.